The summed E-state index contributed by atoms with van der Waals surface area (Å²) in [5, 5.41) is 13.0. The predicted molar refractivity (Wildman–Crippen MR) is 52.3 cm³/mol. The molecule has 72 valence electrons. The van der Waals surface area contributed by atoms with Gasteiger partial charge in [0.05, 0.1) is 5.04 Å². The lowest BCUT2D eigenvalue weighted by Crippen LogP contribution is -2.17. The van der Waals surface area contributed by atoms with E-state index in [1.165, 1.54) is 0 Å². The number of nitrogens with one attached hydrogen (secondary N) is 1. The fourth-order valence-corrected chi connectivity index (χ4v) is 2.79. The van der Waals surface area contributed by atoms with Crippen molar-refractivity contribution in [2.75, 3.05) is 18.8 Å². The zero-order chi connectivity index (χ0) is 9.26. The average molecular weight is 200 g/mol. The van der Waals surface area contributed by atoms with E-state index >= 15 is 0 Å². The van der Waals surface area contributed by atoms with Gasteiger partial charge in [-0.05, 0) is 13.0 Å². The first-order valence-corrected chi connectivity index (χ1v) is 5.40. The summed E-state index contributed by atoms with van der Waals surface area (Å²) in [6, 6.07) is -0.499. The molecule has 5 heteroatoms. The van der Waals surface area contributed by atoms with Crippen LogP contribution in [0.3, 0.4) is 0 Å². The number of nitrogens with zero attached hydrogens (tertiary/aromatic N) is 1. The fourth-order valence-electron chi connectivity index (χ4n) is 1.61. The zero-order valence-electron chi connectivity index (χ0n) is 7.19. The topological polar surface area (TPSA) is 61.7 Å². The second kappa shape index (κ2) is 3.67. The molecule has 2 aliphatic rings. The van der Waals surface area contributed by atoms with E-state index in [1.807, 2.05) is 0 Å². The number of hydrogen-bond donors (Lipinski definition) is 2. The SMILES string of the molecule is O=C(O)[C@@H]1CSC(C2CCNC2)=N1. The highest BCUT2D eigenvalue weighted by atomic mass is 32.2. The van der Waals surface area contributed by atoms with Crippen LogP contribution in [0, 0.1) is 5.92 Å². The first-order valence-electron chi connectivity index (χ1n) is 4.41. The smallest absolute Gasteiger partial charge is 0.329 e. The summed E-state index contributed by atoms with van der Waals surface area (Å²) < 4.78 is 0. The molecule has 0 spiro atoms. The van der Waals surface area contributed by atoms with Crippen LogP contribution >= 0.6 is 11.8 Å². The van der Waals surface area contributed by atoms with Gasteiger partial charge in [-0.15, -0.1) is 11.8 Å². The van der Waals surface area contributed by atoms with Crippen molar-refractivity contribution in [3.63, 3.8) is 0 Å². The Morgan fingerprint density at radius 2 is 2.54 bits per heavy atom. The van der Waals surface area contributed by atoms with E-state index in [-0.39, 0.29) is 0 Å². The minimum atomic E-state index is -0.798. The van der Waals surface area contributed by atoms with Crippen molar-refractivity contribution in [1.82, 2.24) is 5.32 Å². The number of carboxylic acids is 1. The van der Waals surface area contributed by atoms with Gasteiger partial charge in [0.2, 0.25) is 0 Å². The molecule has 2 aliphatic heterocycles. The Morgan fingerprint density at radius 1 is 1.69 bits per heavy atom. The zero-order valence-corrected chi connectivity index (χ0v) is 8.01. The van der Waals surface area contributed by atoms with Crippen LogP contribution in [0.15, 0.2) is 4.99 Å². The van der Waals surface area contributed by atoms with E-state index in [9.17, 15) is 4.79 Å². The van der Waals surface area contributed by atoms with Crippen LogP contribution < -0.4 is 5.32 Å². The number of rotatable bonds is 2. The standard InChI is InChI=1S/C8H12N2O2S/c11-8(12)6-4-13-7(10-6)5-1-2-9-3-5/h5-6,9H,1-4H2,(H,11,12)/t5?,6-/m0/s1. The Bertz CT molecular complexity index is 249. The Hall–Kier alpha value is -0.550. The number of carboxylic acid groups (broad SMARTS) is 1. The summed E-state index contributed by atoms with van der Waals surface area (Å²) in [4.78, 5) is 14.8. The Kier molecular flexibility index (Phi) is 2.55. The quantitative estimate of drug-likeness (QED) is 0.668. The van der Waals surface area contributed by atoms with E-state index in [0.29, 0.717) is 11.7 Å². The highest BCUT2D eigenvalue weighted by molar-refractivity contribution is 8.14. The Balaban J connectivity index is 2.00. The number of hydrogen-bond acceptors (Lipinski definition) is 4. The van der Waals surface area contributed by atoms with Crippen molar-refractivity contribution in [3.8, 4) is 0 Å². The largest absolute Gasteiger partial charge is 0.480 e. The summed E-state index contributed by atoms with van der Waals surface area (Å²) in [5.74, 6) is 0.282. The number of aliphatic carboxylic acids is 1. The lowest BCUT2D eigenvalue weighted by Gasteiger charge is -2.05. The van der Waals surface area contributed by atoms with Gasteiger partial charge in [-0.1, -0.05) is 0 Å². The molecular weight excluding hydrogens is 188 g/mol. The number of thioether (sulfide) groups is 1. The van der Waals surface area contributed by atoms with E-state index in [1.54, 1.807) is 11.8 Å². The van der Waals surface area contributed by atoms with Gasteiger partial charge in [-0.25, -0.2) is 4.79 Å². The molecule has 2 N–H and O–H groups in total. The maximum Gasteiger partial charge on any atom is 0.329 e. The summed E-state index contributed by atoms with van der Waals surface area (Å²) in [7, 11) is 0. The summed E-state index contributed by atoms with van der Waals surface area (Å²) in [6.45, 7) is 1.99. The normalized spacial score (nSPS) is 33.4. The van der Waals surface area contributed by atoms with E-state index < -0.39 is 12.0 Å². The van der Waals surface area contributed by atoms with Gasteiger partial charge in [0.15, 0.2) is 6.04 Å². The van der Waals surface area contributed by atoms with Crippen molar-refractivity contribution in [2.24, 2.45) is 10.9 Å². The van der Waals surface area contributed by atoms with Crippen LogP contribution in [0.1, 0.15) is 6.42 Å². The molecule has 0 radical (unpaired) electrons. The maximum absolute atomic E-state index is 10.6. The number of aliphatic imine (C=N–C) groups is 1. The van der Waals surface area contributed by atoms with Crippen molar-refractivity contribution >= 4 is 22.8 Å². The first kappa shape index (κ1) is 9.02. The molecule has 1 fully saturated rings. The van der Waals surface area contributed by atoms with Crippen LogP contribution in [0.25, 0.3) is 0 Å². The molecule has 0 aromatic rings. The average Bonchev–Trinajstić information content (AvgIpc) is 2.75. The monoisotopic (exact) mass is 200 g/mol. The molecule has 1 saturated heterocycles. The lowest BCUT2D eigenvalue weighted by atomic mass is 10.1. The van der Waals surface area contributed by atoms with Gasteiger partial charge in [0.25, 0.3) is 0 Å². The second-order valence-corrected chi connectivity index (χ2v) is 4.36. The molecule has 13 heavy (non-hydrogen) atoms. The molecule has 2 atom stereocenters. The van der Waals surface area contributed by atoms with Crippen molar-refractivity contribution < 1.29 is 9.90 Å². The van der Waals surface area contributed by atoms with Gasteiger partial charge in [-0.2, -0.15) is 0 Å². The third-order valence-corrected chi connectivity index (χ3v) is 3.58. The highest BCUT2D eigenvalue weighted by Crippen LogP contribution is 2.26. The molecule has 1 unspecified atom stereocenters. The molecule has 2 heterocycles. The predicted octanol–water partition coefficient (Wildman–Crippen LogP) is 0.194. The molecule has 0 amide bonds. The first-order chi connectivity index (χ1) is 6.27. The summed E-state index contributed by atoms with van der Waals surface area (Å²) in [5.41, 5.74) is 0. The Labute approximate surface area is 80.8 Å². The second-order valence-electron chi connectivity index (χ2n) is 3.32. The minimum absolute atomic E-state index is 0.467. The van der Waals surface area contributed by atoms with Gasteiger partial charge in [0, 0.05) is 18.2 Å². The van der Waals surface area contributed by atoms with Gasteiger partial charge in [-0.3, -0.25) is 4.99 Å². The van der Waals surface area contributed by atoms with Crippen LogP contribution in [-0.2, 0) is 4.79 Å². The third-order valence-electron chi connectivity index (χ3n) is 2.37. The minimum Gasteiger partial charge on any atom is -0.480 e. The third kappa shape index (κ3) is 1.86. The molecule has 0 aromatic heterocycles. The molecule has 0 aliphatic carbocycles. The van der Waals surface area contributed by atoms with E-state index in [4.69, 9.17) is 5.11 Å². The van der Waals surface area contributed by atoms with E-state index in [2.05, 4.69) is 10.3 Å². The molecule has 2 rings (SSSR count). The molecular formula is C8H12N2O2S. The van der Waals surface area contributed by atoms with Crippen molar-refractivity contribution in [2.45, 2.75) is 12.5 Å². The lowest BCUT2D eigenvalue weighted by molar-refractivity contribution is -0.137. The fraction of sp³-hybridized carbons (Fsp3) is 0.750. The van der Waals surface area contributed by atoms with Crippen molar-refractivity contribution in [3.05, 3.63) is 0 Å². The number of carbonyl (C=O) groups is 1. The molecule has 0 aromatic carbocycles. The van der Waals surface area contributed by atoms with Crippen molar-refractivity contribution in [1.29, 1.82) is 0 Å². The van der Waals surface area contributed by atoms with Gasteiger partial charge >= 0.3 is 5.97 Å². The highest BCUT2D eigenvalue weighted by Gasteiger charge is 2.30. The van der Waals surface area contributed by atoms with Gasteiger partial charge < -0.3 is 10.4 Å². The van der Waals surface area contributed by atoms with Gasteiger partial charge in [0.1, 0.15) is 0 Å². The van der Waals surface area contributed by atoms with E-state index in [0.717, 1.165) is 24.6 Å². The molecule has 4 nitrogen and oxygen atoms in total. The summed E-state index contributed by atoms with van der Waals surface area (Å²) in [6.07, 6.45) is 1.10. The van der Waals surface area contributed by atoms with Crippen LogP contribution in [0.5, 0.6) is 0 Å². The molecule has 0 bridgehead atoms. The van der Waals surface area contributed by atoms with Crippen LogP contribution in [-0.4, -0.2) is 41.0 Å². The van der Waals surface area contributed by atoms with Crippen LogP contribution in [0.4, 0.5) is 0 Å². The molecule has 0 saturated carbocycles. The Morgan fingerprint density at radius 3 is 3.08 bits per heavy atom. The maximum atomic E-state index is 10.6. The summed E-state index contributed by atoms with van der Waals surface area (Å²) >= 11 is 1.61. The van der Waals surface area contributed by atoms with Crippen LogP contribution in [0.2, 0.25) is 0 Å².